The van der Waals surface area contributed by atoms with E-state index >= 15 is 0 Å². The average Bonchev–Trinajstić information content (AvgIpc) is 2.57. The van der Waals surface area contributed by atoms with Gasteiger partial charge in [0.1, 0.15) is 17.1 Å². The second-order valence-electron chi connectivity index (χ2n) is 5.73. The van der Waals surface area contributed by atoms with Crippen molar-refractivity contribution in [2.24, 2.45) is 5.92 Å². The lowest BCUT2D eigenvalue weighted by atomic mass is 10.0. The van der Waals surface area contributed by atoms with Crippen molar-refractivity contribution in [3.63, 3.8) is 0 Å². The predicted molar refractivity (Wildman–Crippen MR) is 95.2 cm³/mol. The van der Waals surface area contributed by atoms with E-state index in [0.717, 1.165) is 11.3 Å². The predicted octanol–water partition coefficient (Wildman–Crippen LogP) is 3.35. The molecule has 0 radical (unpaired) electrons. The minimum atomic E-state index is -1.45. The Morgan fingerprint density at radius 2 is 1.72 bits per heavy atom. The first-order valence-corrected chi connectivity index (χ1v) is 8.31. The SMILES string of the molecule is COc1cc(OC)c(C(=O)/C(=C\N(O)C(C)C(C)C)C(=O)O)cc1Br. The molecule has 1 atom stereocenters. The molecule has 7 nitrogen and oxygen atoms in total. The summed E-state index contributed by atoms with van der Waals surface area (Å²) < 4.78 is 10.8. The van der Waals surface area contributed by atoms with E-state index in [4.69, 9.17) is 9.47 Å². The minimum absolute atomic E-state index is 0.0365. The first-order valence-electron chi connectivity index (χ1n) is 7.52. The Hall–Kier alpha value is -2.06. The van der Waals surface area contributed by atoms with Gasteiger partial charge in [-0.1, -0.05) is 13.8 Å². The Bertz CT molecular complexity index is 686. The van der Waals surface area contributed by atoms with Crippen LogP contribution in [0.15, 0.2) is 28.4 Å². The molecule has 1 aromatic carbocycles. The topological polar surface area (TPSA) is 96.3 Å². The van der Waals surface area contributed by atoms with E-state index in [1.165, 1.54) is 26.4 Å². The Morgan fingerprint density at radius 3 is 2.16 bits per heavy atom. The van der Waals surface area contributed by atoms with Crippen LogP contribution in [0.4, 0.5) is 0 Å². The molecule has 1 unspecified atom stereocenters. The van der Waals surface area contributed by atoms with Gasteiger partial charge in [-0.05, 0) is 34.8 Å². The van der Waals surface area contributed by atoms with Crippen LogP contribution < -0.4 is 9.47 Å². The number of halogens is 1. The number of carboxylic acids is 1. The van der Waals surface area contributed by atoms with Crippen molar-refractivity contribution in [1.29, 1.82) is 0 Å². The fourth-order valence-electron chi connectivity index (χ4n) is 1.95. The van der Waals surface area contributed by atoms with E-state index in [1.807, 2.05) is 13.8 Å². The summed E-state index contributed by atoms with van der Waals surface area (Å²) in [4.78, 5) is 24.3. The van der Waals surface area contributed by atoms with Crippen molar-refractivity contribution in [2.75, 3.05) is 14.2 Å². The molecule has 0 spiro atoms. The van der Waals surface area contributed by atoms with Crippen molar-refractivity contribution in [3.05, 3.63) is 33.9 Å². The summed E-state index contributed by atoms with van der Waals surface area (Å²) >= 11 is 3.26. The molecule has 1 rings (SSSR count). The summed E-state index contributed by atoms with van der Waals surface area (Å²) in [5, 5.41) is 20.2. The minimum Gasteiger partial charge on any atom is -0.496 e. The number of hydrogen-bond donors (Lipinski definition) is 2. The van der Waals surface area contributed by atoms with Crippen LogP contribution >= 0.6 is 15.9 Å². The van der Waals surface area contributed by atoms with Crippen LogP contribution in [0.25, 0.3) is 0 Å². The molecule has 0 aliphatic rings. The lowest BCUT2D eigenvalue weighted by Gasteiger charge is -2.24. The number of Topliss-reactive ketones (excluding diaryl/α,β-unsaturated/α-hetero) is 1. The van der Waals surface area contributed by atoms with Gasteiger partial charge in [-0.25, -0.2) is 4.79 Å². The maximum atomic E-state index is 12.7. The third kappa shape index (κ3) is 4.96. The molecule has 0 aliphatic heterocycles. The number of hydrogen-bond acceptors (Lipinski definition) is 6. The highest BCUT2D eigenvalue weighted by atomic mass is 79.9. The first kappa shape index (κ1) is 21.0. The van der Waals surface area contributed by atoms with Gasteiger partial charge in [0.15, 0.2) is 0 Å². The van der Waals surface area contributed by atoms with Gasteiger partial charge < -0.3 is 14.6 Å². The van der Waals surface area contributed by atoms with Crippen LogP contribution in [0, 0.1) is 5.92 Å². The zero-order valence-electron chi connectivity index (χ0n) is 14.7. The van der Waals surface area contributed by atoms with Crippen molar-refractivity contribution in [1.82, 2.24) is 5.06 Å². The molecule has 0 bridgehead atoms. The maximum absolute atomic E-state index is 12.7. The number of ketones is 1. The van der Waals surface area contributed by atoms with Crippen LogP contribution in [-0.4, -0.2) is 47.4 Å². The van der Waals surface area contributed by atoms with Crippen molar-refractivity contribution in [2.45, 2.75) is 26.8 Å². The molecule has 0 heterocycles. The largest absolute Gasteiger partial charge is 0.496 e. The molecule has 0 amide bonds. The van der Waals surface area contributed by atoms with Crippen molar-refractivity contribution in [3.8, 4) is 11.5 Å². The lowest BCUT2D eigenvalue weighted by Crippen LogP contribution is -2.31. The molecule has 138 valence electrons. The molecule has 0 saturated carbocycles. The molecule has 0 saturated heterocycles. The van der Waals surface area contributed by atoms with Gasteiger partial charge in [-0.2, -0.15) is 0 Å². The number of methoxy groups -OCH3 is 2. The van der Waals surface area contributed by atoms with Gasteiger partial charge in [-0.3, -0.25) is 15.1 Å². The van der Waals surface area contributed by atoms with Gasteiger partial charge in [-0.15, -0.1) is 0 Å². The number of ether oxygens (including phenoxy) is 2. The third-order valence-electron chi connectivity index (χ3n) is 3.84. The summed E-state index contributed by atoms with van der Waals surface area (Å²) in [6, 6.07) is 2.53. The van der Waals surface area contributed by atoms with Crippen LogP contribution in [0.1, 0.15) is 31.1 Å². The number of nitrogens with zero attached hydrogens (tertiary/aromatic N) is 1. The van der Waals surface area contributed by atoms with Crippen molar-refractivity contribution >= 4 is 27.7 Å². The summed E-state index contributed by atoms with van der Waals surface area (Å²) in [6.07, 6.45) is 0.924. The highest BCUT2D eigenvalue weighted by Gasteiger charge is 2.26. The molecule has 8 heteroatoms. The summed E-state index contributed by atoms with van der Waals surface area (Å²) in [5.41, 5.74) is -0.542. The number of rotatable bonds is 8. The number of benzene rings is 1. The maximum Gasteiger partial charge on any atom is 0.341 e. The zero-order chi connectivity index (χ0) is 19.3. The molecule has 0 fully saturated rings. The van der Waals surface area contributed by atoms with E-state index in [2.05, 4.69) is 15.9 Å². The normalized spacial score (nSPS) is 12.7. The molecule has 25 heavy (non-hydrogen) atoms. The molecule has 0 aromatic heterocycles. The fourth-order valence-corrected chi connectivity index (χ4v) is 2.45. The average molecular weight is 416 g/mol. The van der Waals surface area contributed by atoms with Gasteiger partial charge in [0, 0.05) is 12.3 Å². The van der Waals surface area contributed by atoms with E-state index in [0.29, 0.717) is 10.2 Å². The highest BCUT2D eigenvalue weighted by Crippen LogP contribution is 2.34. The van der Waals surface area contributed by atoms with E-state index in [-0.39, 0.29) is 23.3 Å². The number of hydroxylamine groups is 2. The van der Waals surface area contributed by atoms with Crippen LogP contribution in [-0.2, 0) is 4.79 Å². The second kappa shape index (κ2) is 8.87. The zero-order valence-corrected chi connectivity index (χ0v) is 16.3. The van der Waals surface area contributed by atoms with E-state index in [9.17, 15) is 19.9 Å². The number of carbonyl (C=O) groups is 2. The molecule has 2 N–H and O–H groups in total. The van der Waals surface area contributed by atoms with Crippen LogP contribution in [0.3, 0.4) is 0 Å². The summed E-state index contributed by atoms with van der Waals surface area (Å²) in [6.45, 7) is 5.46. The highest BCUT2D eigenvalue weighted by molar-refractivity contribution is 9.10. The molecular formula is C17H22BrNO6. The standard InChI is InChI=1S/C17H22BrNO6/c1-9(2)10(3)19(23)8-12(17(21)22)16(20)11-6-13(18)15(25-5)7-14(11)24-4/h6-10,23H,1-5H3,(H,21,22)/b12-8+. The van der Waals surface area contributed by atoms with Gasteiger partial charge in [0.25, 0.3) is 0 Å². The van der Waals surface area contributed by atoms with Crippen LogP contribution in [0.2, 0.25) is 0 Å². The Labute approximate surface area is 154 Å². The van der Waals surface area contributed by atoms with E-state index in [1.54, 1.807) is 6.92 Å². The van der Waals surface area contributed by atoms with Crippen LogP contribution in [0.5, 0.6) is 11.5 Å². The number of carbonyl (C=O) groups excluding carboxylic acids is 1. The monoisotopic (exact) mass is 415 g/mol. The van der Waals surface area contributed by atoms with Gasteiger partial charge in [0.2, 0.25) is 5.78 Å². The van der Waals surface area contributed by atoms with Crippen molar-refractivity contribution < 1.29 is 29.4 Å². The smallest absolute Gasteiger partial charge is 0.341 e. The Morgan fingerprint density at radius 1 is 1.16 bits per heavy atom. The van der Waals surface area contributed by atoms with Gasteiger partial charge >= 0.3 is 5.97 Å². The number of aliphatic carboxylic acids is 1. The first-order chi connectivity index (χ1) is 11.6. The Kier molecular flexibility index (Phi) is 7.44. The number of carboxylic acid groups (broad SMARTS) is 1. The third-order valence-corrected chi connectivity index (χ3v) is 4.46. The Balaban J connectivity index is 3.38. The van der Waals surface area contributed by atoms with Gasteiger partial charge in [0.05, 0.1) is 30.3 Å². The quantitative estimate of drug-likeness (QED) is 0.221. The molecular weight excluding hydrogens is 394 g/mol. The lowest BCUT2D eigenvalue weighted by molar-refractivity contribution is -0.133. The second-order valence-corrected chi connectivity index (χ2v) is 6.58. The fraction of sp³-hybridized carbons (Fsp3) is 0.412. The summed E-state index contributed by atoms with van der Waals surface area (Å²) in [5.74, 6) is -1.59. The molecule has 0 aliphatic carbocycles. The van der Waals surface area contributed by atoms with E-state index < -0.39 is 17.3 Å². The summed E-state index contributed by atoms with van der Waals surface area (Å²) in [7, 11) is 2.82. The molecule has 1 aromatic rings.